The van der Waals surface area contributed by atoms with Crippen LogP contribution in [0, 0.1) is 5.92 Å². The van der Waals surface area contributed by atoms with Crippen molar-refractivity contribution in [2.24, 2.45) is 5.92 Å². The molecular formula is C17H23NO3. The maximum atomic E-state index is 12.2. The van der Waals surface area contributed by atoms with Gasteiger partial charge >= 0.3 is 5.97 Å². The predicted octanol–water partition coefficient (Wildman–Crippen LogP) is 2.77. The molecule has 21 heavy (non-hydrogen) atoms. The molecule has 1 amide bonds. The standard InChI is InChI=1S/C17H23NO3/c1-13-7-5-6-12-17(13,16(20)21)18-15(19)11-10-14-8-3-2-4-9-14/h2-4,8-9,13H,5-7,10-12H2,1H3,(H,18,19)(H,20,21). The van der Waals surface area contributed by atoms with Gasteiger partial charge in [0, 0.05) is 6.42 Å². The van der Waals surface area contributed by atoms with Crippen molar-refractivity contribution in [3.63, 3.8) is 0 Å². The van der Waals surface area contributed by atoms with Gasteiger partial charge in [0.1, 0.15) is 5.54 Å². The third kappa shape index (κ3) is 3.63. The Hall–Kier alpha value is -1.84. The largest absolute Gasteiger partial charge is 0.479 e. The second kappa shape index (κ2) is 6.74. The zero-order valence-electron chi connectivity index (χ0n) is 12.5. The highest BCUT2D eigenvalue weighted by atomic mass is 16.4. The second-order valence-corrected chi connectivity index (χ2v) is 5.96. The van der Waals surface area contributed by atoms with Crippen molar-refractivity contribution >= 4 is 11.9 Å². The molecule has 1 saturated carbocycles. The molecule has 114 valence electrons. The zero-order valence-corrected chi connectivity index (χ0v) is 12.5. The number of carboxylic acid groups (broad SMARTS) is 1. The van der Waals surface area contributed by atoms with Gasteiger partial charge in [0.25, 0.3) is 0 Å². The summed E-state index contributed by atoms with van der Waals surface area (Å²) >= 11 is 0. The number of hydrogen-bond acceptors (Lipinski definition) is 2. The van der Waals surface area contributed by atoms with E-state index in [-0.39, 0.29) is 11.8 Å². The number of rotatable bonds is 5. The van der Waals surface area contributed by atoms with E-state index in [1.54, 1.807) is 0 Å². The van der Waals surface area contributed by atoms with Crippen molar-refractivity contribution < 1.29 is 14.7 Å². The van der Waals surface area contributed by atoms with Crippen molar-refractivity contribution in [2.75, 3.05) is 0 Å². The Morgan fingerprint density at radius 3 is 2.62 bits per heavy atom. The van der Waals surface area contributed by atoms with Gasteiger partial charge in [-0.25, -0.2) is 4.79 Å². The molecule has 1 aromatic carbocycles. The van der Waals surface area contributed by atoms with Crippen LogP contribution < -0.4 is 5.32 Å². The van der Waals surface area contributed by atoms with E-state index in [4.69, 9.17) is 0 Å². The highest BCUT2D eigenvalue weighted by Gasteiger charge is 2.46. The molecule has 1 aromatic rings. The number of hydrogen-bond donors (Lipinski definition) is 2. The zero-order chi connectivity index (χ0) is 15.3. The Kier molecular flexibility index (Phi) is 4.99. The Bertz CT molecular complexity index is 500. The van der Waals surface area contributed by atoms with Gasteiger partial charge in [0.15, 0.2) is 0 Å². The lowest BCUT2D eigenvalue weighted by atomic mass is 9.73. The highest BCUT2D eigenvalue weighted by molar-refractivity contribution is 5.87. The number of carbonyl (C=O) groups is 2. The van der Waals surface area contributed by atoms with Gasteiger partial charge in [-0.2, -0.15) is 0 Å². The number of amides is 1. The van der Waals surface area contributed by atoms with Gasteiger partial charge in [0.05, 0.1) is 0 Å². The Balaban J connectivity index is 1.97. The summed E-state index contributed by atoms with van der Waals surface area (Å²) < 4.78 is 0. The monoisotopic (exact) mass is 289 g/mol. The summed E-state index contributed by atoms with van der Waals surface area (Å²) in [5.41, 5.74) is 0.0140. The van der Waals surface area contributed by atoms with E-state index < -0.39 is 11.5 Å². The summed E-state index contributed by atoms with van der Waals surface area (Å²) in [5.74, 6) is -1.10. The SMILES string of the molecule is CC1CCCCC1(NC(=O)CCc1ccccc1)C(=O)O. The molecule has 0 aliphatic heterocycles. The average Bonchev–Trinajstić information content (AvgIpc) is 2.48. The van der Waals surface area contributed by atoms with E-state index in [0.717, 1.165) is 24.8 Å². The number of aryl methyl sites for hydroxylation is 1. The molecule has 4 nitrogen and oxygen atoms in total. The number of carboxylic acids is 1. The maximum absolute atomic E-state index is 12.2. The fraction of sp³-hybridized carbons (Fsp3) is 0.529. The van der Waals surface area contributed by atoms with E-state index in [9.17, 15) is 14.7 Å². The molecule has 1 aliphatic rings. The second-order valence-electron chi connectivity index (χ2n) is 5.96. The molecule has 2 atom stereocenters. The van der Waals surface area contributed by atoms with E-state index in [2.05, 4.69) is 5.32 Å². The van der Waals surface area contributed by atoms with E-state index >= 15 is 0 Å². The highest BCUT2D eigenvalue weighted by Crippen LogP contribution is 2.34. The average molecular weight is 289 g/mol. The Morgan fingerprint density at radius 2 is 2.00 bits per heavy atom. The van der Waals surface area contributed by atoms with E-state index in [1.165, 1.54) is 0 Å². The summed E-state index contributed by atoms with van der Waals surface area (Å²) in [6, 6.07) is 9.77. The van der Waals surface area contributed by atoms with Crippen molar-refractivity contribution in [3.05, 3.63) is 35.9 Å². The molecule has 0 saturated heterocycles. The smallest absolute Gasteiger partial charge is 0.329 e. The fourth-order valence-electron chi connectivity index (χ4n) is 3.12. The lowest BCUT2D eigenvalue weighted by Gasteiger charge is -2.39. The van der Waals surface area contributed by atoms with Crippen molar-refractivity contribution in [1.82, 2.24) is 5.32 Å². The quantitative estimate of drug-likeness (QED) is 0.876. The Morgan fingerprint density at radius 1 is 1.29 bits per heavy atom. The van der Waals surface area contributed by atoms with E-state index in [1.807, 2.05) is 37.3 Å². The molecule has 0 spiro atoms. The van der Waals surface area contributed by atoms with Crippen LogP contribution in [-0.4, -0.2) is 22.5 Å². The fourth-order valence-corrected chi connectivity index (χ4v) is 3.12. The summed E-state index contributed by atoms with van der Waals surface area (Å²) in [5, 5.41) is 12.4. The number of benzene rings is 1. The third-order valence-electron chi connectivity index (χ3n) is 4.53. The minimum Gasteiger partial charge on any atom is -0.479 e. The molecule has 0 aromatic heterocycles. The van der Waals surface area contributed by atoms with Crippen LogP contribution in [0.15, 0.2) is 30.3 Å². The molecule has 1 fully saturated rings. The molecule has 1 aliphatic carbocycles. The Labute approximate surface area is 125 Å². The van der Waals surface area contributed by atoms with Gasteiger partial charge in [-0.1, -0.05) is 50.1 Å². The first-order valence-corrected chi connectivity index (χ1v) is 7.63. The third-order valence-corrected chi connectivity index (χ3v) is 4.53. The van der Waals surface area contributed by atoms with Crippen LogP contribution in [0.5, 0.6) is 0 Å². The lowest BCUT2D eigenvalue weighted by Crippen LogP contribution is -2.60. The number of carbonyl (C=O) groups excluding carboxylic acids is 1. The van der Waals surface area contributed by atoms with Crippen molar-refractivity contribution in [2.45, 2.75) is 51.0 Å². The predicted molar refractivity (Wildman–Crippen MR) is 80.9 cm³/mol. The first kappa shape index (κ1) is 15.5. The number of nitrogens with one attached hydrogen (secondary N) is 1. The van der Waals surface area contributed by atoms with Gasteiger partial charge in [-0.3, -0.25) is 4.79 Å². The minimum absolute atomic E-state index is 0.0237. The summed E-state index contributed by atoms with van der Waals surface area (Å²) in [6.45, 7) is 1.92. The number of aliphatic carboxylic acids is 1. The van der Waals surface area contributed by atoms with Crippen LogP contribution in [0.1, 0.15) is 44.6 Å². The molecule has 2 N–H and O–H groups in total. The van der Waals surface area contributed by atoms with Gasteiger partial charge in [-0.15, -0.1) is 0 Å². The molecule has 0 heterocycles. The summed E-state index contributed by atoms with van der Waals surface area (Å²) in [7, 11) is 0. The molecule has 0 bridgehead atoms. The van der Waals surface area contributed by atoms with Crippen LogP contribution in [-0.2, 0) is 16.0 Å². The molecular weight excluding hydrogens is 266 g/mol. The van der Waals surface area contributed by atoms with Crippen LogP contribution in [0.4, 0.5) is 0 Å². The topological polar surface area (TPSA) is 66.4 Å². The molecule has 4 heteroatoms. The van der Waals surface area contributed by atoms with Crippen LogP contribution in [0.2, 0.25) is 0 Å². The van der Waals surface area contributed by atoms with Crippen molar-refractivity contribution in [1.29, 1.82) is 0 Å². The molecule has 0 radical (unpaired) electrons. The molecule has 2 unspecified atom stereocenters. The van der Waals surface area contributed by atoms with Gasteiger partial charge in [0.2, 0.25) is 5.91 Å². The normalized spacial score (nSPS) is 25.3. The van der Waals surface area contributed by atoms with Crippen molar-refractivity contribution in [3.8, 4) is 0 Å². The minimum atomic E-state index is -1.08. The molecule has 2 rings (SSSR count). The van der Waals surface area contributed by atoms with Crippen LogP contribution in [0.25, 0.3) is 0 Å². The lowest BCUT2D eigenvalue weighted by molar-refractivity contribution is -0.152. The van der Waals surface area contributed by atoms with Gasteiger partial charge in [-0.05, 0) is 30.7 Å². The maximum Gasteiger partial charge on any atom is 0.329 e. The first-order chi connectivity index (χ1) is 10.0. The van der Waals surface area contributed by atoms with Gasteiger partial charge < -0.3 is 10.4 Å². The van der Waals surface area contributed by atoms with Crippen LogP contribution in [0.3, 0.4) is 0 Å². The van der Waals surface area contributed by atoms with E-state index in [0.29, 0.717) is 19.3 Å². The summed E-state index contributed by atoms with van der Waals surface area (Å²) in [4.78, 5) is 23.8. The first-order valence-electron chi connectivity index (χ1n) is 7.63. The van der Waals surface area contributed by atoms with Crippen LogP contribution >= 0.6 is 0 Å². The summed E-state index contributed by atoms with van der Waals surface area (Å²) in [6.07, 6.45) is 4.24.